The second kappa shape index (κ2) is 9.57. The van der Waals surface area contributed by atoms with E-state index in [4.69, 9.17) is 21.1 Å². The zero-order valence-electron chi connectivity index (χ0n) is 17.1. The average molecular weight is 443 g/mol. The Balaban J connectivity index is 1.75. The molecule has 0 spiro atoms. The van der Waals surface area contributed by atoms with E-state index in [0.29, 0.717) is 23.4 Å². The van der Waals surface area contributed by atoms with Crippen LogP contribution in [-0.4, -0.2) is 55.4 Å². The third-order valence-corrected chi connectivity index (χ3v) is 6.60. The second-order valence-electron chi connectivity index (χ2n) is 7.39. The van der Waals surface area contributed by atoms with E-state index in [1.807, 2.05) is 6.92 Å². The molecule has 2 aromatic rings. The topological polar surface area (TPSA) is 110 Å². The van der Waals surface area contributed by atoms with Gasteiger partial charge in [-0.2, -0.15) is 4.72 Å². The first-order valence-corrected chi connectivity index (χ1v) is 11.1. The van der Waals surface area contributed by atoms with E-state index in [2.05, 4.69) is 36.4 Å². The fourth-order valence-corrected chi connectivity index (χ4v) is 4.22. The number of aromatic nitrogens is 5. The smallest absolute Gasteiger partial charge is 0.266 e. The van der Waals surface area contributed by atoms with Gasteiger partial charge in [0.2, 0.25) is 0 Å². The highest BCUT2D eigenvalue weighted by Gasteiger charge is 2.44. The summed E-state index contributed by atoms with van der Waals surface area (Å²) >= 11 is 4.36. The van der Waals surface area contributed by atoms with E-state index in [-0.39, 0.29) is 5.54 Å². The fourth-order valence-electron chi connectivity index (χ4n) is 3.16. The van der Waals surface area contributed by atoms with Gasteiger partial charge >= 0.3 is 0 Å². The molecule has 160 valence electrons. The molecule has 1 aliphatic carbocycles. The molecule has 0 aliphatic heterocycles. The lowest BCUT2D eigenvalue weighted by atomic mass is 10.2. The molecule has 2 heterocycles. The minimum Gasteiger partial charge on any atom is -0.593 e. The van der Waals surface area contributed by atoms with E-state index in [9.17, 15) is 4.55 Å². The van der Waals surface area contributed by atoms with Gasteiger partial charge in [-0.15, -0.1) is 10.2 Å². The molecule has 3 unspecified atom stereocenters. The summed E-state index contributed by atoms with van der Waals surface area (Å²) < 4.78 is 28.8. The van der Waals surface area contributed by atoms with Crippen molar-refractivity contribution >= 4 is 28.9 Å². The lowest BCUT2D eigenvalue weighted by Gasteiger charge is -2.25. The van der Waals surface area contributed by atoms with Crippen molar-refractivity contribution in [2.24, 2.45) is 0 Å². The predicted octanol–water partition coefficient (Wildman–Crippen LogP) is 2.66. The molecule has 3 rings (SSSR count). The molecule has 9 nitrogen and oxygen atoms in total. The molecular weight excluding hydrogens is 416 g/mol. The summed E-state index contributed by atoms with van der Waals surface area (Å²) in [5.74, 6) is 1.81. The van der Waals surface area contributed by atoms with Crippen molar-refractivity contribution in [2.75, 3.05) is 25.5 Å². The van der Waals surface area contributed by atoms with Crippen LogP contribution in [0.4, 0.5) is 5.95 Å². The molecule has 11 heteroatoms. The molecule has 1 saturated carbocycles. The van der Waals surface area contributed by atoms with Gasteiger partial charge in [-0.25, -0.2) is 9.97 Å². The molecule has 2 aromatic heterocycles. The van der Waals surface area contributed by atoms with Crippen molar-refractivity contribution in [1.29, 1.82) is 0 Å². The van der Waals surface area contributed by atoms with Crippen LogP contribution in [0.15, 0.2) is 12.4 Å². The van der Waals surface area contributed by atoms with Crippen molar-refractivity contribution in [3.05, 3.63) is 29.1 Å². The maximum absolute atomic E-state index is 13.1. The van der Waals surface area contributed by atoms with Crippen LogP contribution in [0.1, 0.15) is 50.9 Å². The largest absolute Gasteiger partial charge is 0.593 e. The molecular formula is C18H27ClN6O3S. The Kier molecular flexibility index (Phi) is 7.33. The molecule has 0 saturated heterocycles. The summed E-state index contributed by atoms with van der Waals surface area (Å²) in [6.07, 6.45) is 6.11. The van der Waals surface area contributed by atoms with E-state index in [0.717, 1.165) is 31.5 Å². The van der Waals surface area contributed by atoms with Gasteiger partial charge in [0.1, 0.15) is 5.82 Å². The molecule has 0 amide bonds. The van der Waals surface area contributed by atoms with Crippen LogP contribution in [-0.2, 0) is 32.8 Å². The lowest BCUT2D eigenvalue weighted by Crippen LogP contribution is -2.34. The van der Waals surface area contributed by atoms with Crippen LogP contribution < -0.4 is 4.72 Å². The predicted molar refractivity (Wildman–Crippen MR) is 111 cm³/mol. The average Bonchev–Trinajstić information content (AvgIpc) is 3.31. The van der Waals surface area contributed by atoms with Crippen molar-refractivity contribution in [2.45, 2.75) is 56.4 Å². The first-order valence-electron chi connectivity index (χ1n) is 9.51. The minimum absolute atomic E-state index is 0.0401. The third-order valence-electron chi connectivity index (χ3n) is 5.10. The normalized spacial score (nSPS) is 18.3. The zero-order valence-corrected chi connectivity index (χ0v) is 18.7. The SMILES string of the molecule is COCCCc1nnc(N[S+]([O-])C(C)C(OC)c2ncc(Cl)cn2)n1C1(C)CC1. The second-order valence-corrected chi connectivity index (χ2v) is 9.37. The fraction of sp³-hybridized carbons (Fsp3) is 0.667. The monoisotopic (exact) mass is 442 g/mol. The zero-order chi connectivity index (χ0) is 21.0. The lowest BCUT2D eigenvalue weighted by molar-refractivity contribution is 0.0950. The molecule has 1 N–H and O–H groups in total. The van der Waals surface area contributed by atoms with Crippen LogP contribution in [0.25, 0.3) is 0 Å². The maximum atomic E-state index is 13.1. The van der Waals surface area contributed by atoms with Gasteiger partial charge in [0.15, 0.2) is 17.2 Å². The molecule has 0 aromatic carbocycles. The van der Waals surface area contributed by atoms with Crippen molar-refractivity contribution in [3.8, 4) is 0 Å². The minimum atomic E-state index is -1.50. The highest BCUT2D eigenvalue weighted by atomic mass is 35.5. The number of nitrogens with zero attached hydrogens (tertiary/aromatic N) is 5. The standard InChI is InChI=1S/C18H27ClN6O3S/c1-12(15(28-4)16-20-10-13(19)11-21-16)29(26)24-17-23-22-14(6-5-9-27-3)25(17)18(2)7-8-18/h10-12,15H,5-9H2,1-4H3,(H,23,24). The third kappa shape index (κ3) is 5.18. The highest BCUT2D eigenvalue weighted by Crippen LogP contribution is 2.45. The van der Waals surface area contributed by atoms with Crippen LogP contribution >= 0.6 is 11.6 Å². The molecule has 0 radical (unpaired) electrons. The van der Waals surface area contributed by atoms with E-state index >= 15 is 0 Å². The summed E-state index contributed by atoms with van der Waals surface area (Å²) in [5.41, 5.74) is -0.0401. The quantitative estimate of drug-likeness (QED) is 0.417. The van der Waals surface area contributed by atoms with Gasteiger partial charge in [-0.05, 0) is 33.1 Å². The number of methoxy groups -OCH3 is 2. The Morgan fingerprint density at radius 1 is 1.31 bits per heavy atom. The first-order chi connectivity index (χ1) is 13.9. The summed E-state index contributed by atoms with van der Waals surface area (Å²) in [7, 11) is 3.22. The van der Waals surface area contributed by atoms with E-state index in [1.165, 1.54) is 19.5 Å². The Morgan fingerprint density at radius 2 is 2.00 bits per heavy atom. The number of halogens is 1. The molecule has 0 bridgehead atoms. The number of hydrogen-bond donors (Lipinski definition) is 1. The summed E-state index contributed by atoms with van der Waals surface area (Å²) in [5, 5.41) is 8.60. The van der Waals surface area contributed by atoms with Gasteiger partial charge in [0.05, 0.1) is 16.4 Å². The number of rotatable bonds is 11. The van der Waals surface area contributed by atoms with Gasteiger partial charge in [-0.3, -0.25) is 4.57 Å². The van der Waals surface area contributed by atoms with Gasteiger partial charge in [0.25, 0.3) is 5.95 Å². The maximum Gasteiger partial charge on any atom is 0.266 e. The highest BCUT2D eigenvalue weighted by molar-refractivity contribution is 7.93. The molecule has 1 aliphatic rings. The van der Waals surface area contributed by atoms with Gasteiger partial charge < -0.3 is 14.0 Å². The van der Waals surface area contributed by atoms with Crippen LogP contribution in [0.5, 0.6) is 0 Å². The van der Waals surface area contributed by atoms with Crippen LogP contribution in [0, 0.1) is 0 Å². The van der Waals surface area contributed by atoms with Crippen LogP contribution in [0.2, 0.25) is 5.02 Å². The molecule has 3 atom stereocenters. The van der Waals surface area contributed by atoms with Crippen LogP contribution in [0.3, 0.4) is 0 Å². The van der Waals surface area contributed by atoms with Crippen molar-refractivity contribution in [3.63, 3.8) is 0 Å². The summed E-state index contributed by atoms with van der Waals surface area (Å²) in [4.78, 5) is 8.39. The first kappa shape index (κ1) is 22.2. The van der Waals surface area contributed by atoms with E-state index < -0.39 is 22.7 Å². The number of nitrogens with one attached hydrogen (secondary N) is 1. The number of anilines is 1. The molecule has 29 heavy (non-hydrogen) atoms. The van der Waals surface area contributed by atoms with E-state index in [1.54, 1.807) is 7.11 Å². The van der Waals surface area contributed by atoms with Crippen molar-refractivity contribution in [1.82, 2.24) is 24.7 Å². The number of hydrogen-bond acceptors (Lipinski definition) is 8. The Bertz CT molecular complexity index is 801. The number of aryl methyl sites for hydroxylation is 1. The Labute approximate surface area is 178 Å². The Morgan fingerprint density at radius 3 is 2.59 bits per heavy atom. The van der Waals surface area contributed by atoms with Gasteiger partial charge in [0, 0.05) is 45.2 Å². The summed E-state index contributed by atoms with van der Waals surface area (Å²) in [6.45, 7) is 4.63. The Hall–Kier alpha value is -1.46. The van der Waals surface area contributed by atoms with Gasteiger partial charge in [-0.1, -0.05) is 11.6 Å². The summed E-state index contributed by atoms with van der Waals surface area (Å²) in [6, 6.07) is 0. The number of ether oxygens (including phenoxy) is 2. The van der Waals surface area contributed by atoms with Crippen molar-refractivity contribution < 1.29 is 14.0 Å². The molecule has 1 fully saturated rings.